The summed E-state index contributed by atoms with van der Waals surface area (Å²) in [4.78, 5) is 24.2. The maximum Gasteiger partial charge on any atom is 0.322 e. The molecular formula is C27H30N2O3. The molecule has 3 aromatic carbocycles. The molecule has 0 spiro atoms. The quantitative estimate of drug-likeness (QED) is 0.422. The number of benzene rings is 3. The number of carboxylic acid groups (broad SMARTS) is 1. The van der Waals surface area contributed by atoms with Crippen LogP contribution in [0.1, 0.15) is 37.0 Å². The van der Waals surface area contributed by atoms with E-state index in [0.717, 1.165) is 16.7 Å². The van der Waals surface area contributed by atoms with Crippen LogP contribution in [-0.2, 0) is 15.1 Å². The third-order valence-corrected chi connectivity index (χ3v) is 5.45. The average Bonchev–Trinajstić information content (AvgIpc) is 2.81. The van der Waals surface area contributed by atoms with Gasteiger partial charge in [-0.05, 0) is 29.0 Å². The van der Waals surface area contributed by atoms with E-state index in [1.54, 1.807) is 0 Å². The minimum atomic E-state index is -1.07. The highest BCUT2D eigenvalue weighted by Gasteiger charge is 2.39. The molecule has 0 radical (unpaired) electrons. The van der Waals surface area contributed by atoms with E-state index in [1.165, 1.54) is 0 Å². The lowest BCUT2D eigenvalue weighted by molar-refractivity contribution is -0.138. The van der Waals surface area contributed by atoms with Crippen LogP contribution in [0, 0.1) is 5.92 Å². The Balaban J connectivity index is 2.18. The number of hydrogen-bond acceptors (Lipinski definition) is 3. The zero-order valence-electron chi connectivity index (χ0n) is 18.5. The first-order valence-electron chi connectivity index (χ1n) is 10.9. The predicted molar refractivity (Wildman–Crippen MR) is 126 cm³/mol. The van der Waals surface area contributed by atoms with E-state index < -0.39 is 24.1 Å². The Kier molecular flexibility index (Phi) is 7.79. The molecule has 0 aliphatic carbocycles. The Labute approximate surface area is 189 Å². The lowest BCUT2D eigenvalue weighted by Crippen LogP contribution is -2.56. The number of amides is 1. The molecule has 0 aromatic heterocycles. The molecule has 5 heteroatoms. The van der Waals surface area contributed by atoms with Crippen molar-refractivity contribution in [2.45, 2.75) is 31.8 Å². The van der Waals surface area contributed by atoms with Crippen LogP contribution in [0.15, 0.2) is 91.0 Å². The number of aliphatic carboxylic acids is 1. The lowest BCUT2D eigenvalue weighted by Gasteiger charge is -2.40. The number of rotatable bonds is 10. The molecule has 0 saturated carbocycles. The Morgan fingerprint density at radius 1 is 0.781 bits per heavy atom. The third kappa shape index (κ3) is 5.42. The van der Waals surface area contributed by atoms with E-state index in [2.05, 4.69) is 47.0 Å². The number of carbonyl (C=O) groups is 2. The maximum atomic E-state index is 13.1. The largest absolute Gasteiger partial charge is 0.480 e. The van der Waals surface area contributed by atoms with Crippen molar-refractivity contribution in [1.29, 1.82) is 0 Å². The molecule has 3 aromatic rings. The Morgan fingerprint density at radius 3 is 1.53 bits per heavy atom. The summed E-state index contributed by atoms with van der Waals surface area (Å²) in [7, 11) is 0. The van der Waals surface area contributed by atoms with Crippen molar-refractivity contribution in [3.05, 3.63) is 108 Å². The average molecular weight is 431 g/mol. The summed E-state index contributed by atoms with van der Waals surface area (Å²) in [5, 5.41) is 15.3. The van der Waals surface area contributed by atoms with E-state index in [1.807, 2.05) is 68.4 Å². The van der Waals surface area contributed by atoms with Crippen LogP contribution in [0.3, 0.4) is 0 Å². The molecule has 3 rings (SSSR count). The second kappa shape index (κ2) is 10.7. The molecule has 166 valence electrons. The summed E-state index contributed by atoms with van der Waals surface area (Å²) in [6, 6.07) is 29.5. The van der Waals surface area contributed by atoms with Gasteiger partial charge in [-0.3, -0.25) is 14.9 Å². The van der Waals surface area contributed by atoms with Crippen LogP contribution < -0.4 is 10.6 Å². The van der Waals surface area contributed by atoms with Crippen molar-refractivity contribution in [3.8, 4) is 0 Å². The van der Waals surface area contributed by atoms with E-state index in [-0.39, 0.29) is 11.8 Å². The van der Waals surface area contributed by atoms with E-state index in [0.29, 0.717) is 6.42 Å². The Morgan fingerprint density at radius 2 is 1.19 bits per heavy atom. The van der Waals surface area contributed by atoms with Crippen LogP contribution in [0.5, 0.6) is 0 Å². The standard InChI is InChI=1S/C27H30N2O3/c1-20(2)18-24(26(32)28-19-25(30)31)29-27(21-12-6-3-7-13-21,22-14-8-4-9-15-22)23-16-10-5-11-17-23/h3-17,20,24,29H,18-19H2,1-2H3,(H,28,32)(H,30,31)/t24-/m0/s1. The smallest absolute Gasteiger partial charge is 0.322 e. The van der Waals surface area contributed by atoms with Gasteiger partial charge >= 0.3 is 5.97 Å². The van der Waals surface area contributed by atoms with Crippen molar-refractivity contribution in [2.75, 3.05) is 6.54 Å². The van der Waals surface area contributed by atoms with Gasteiger partial charge in [-0.2, -0.15) is 0 Å². The van der Waals surface area contributed by atoms with E-state index >= 15 is 0 Å². The van der Waals surface area contributed by atoms with Gasteiger partial charge in [0.1, 0.15) is 6.54 Å². The highest BCUT2D eigenvalue weighted by Crippen LogP contribution is 2.37. The molecule has 0 fully saturated rings. The summed E-state index contributed by atoms with van der Waals surface area (Å²) < 4.78 is 0. The van der Waals surface area contributed by atoms with Crippen molar-refractivity contribution >= 4 is 11.9 Å². The number of carboxylic acids is 1. The van der Waals surface area contributed by atoms with Gasteiger partial charge in [0, 0.05) is 0 Å². The summed E-state index contributed by atoms with van der Waals surface area (Å²) in [5.41, 5.74) is 2.19. The molecule has 1 atom stereocenters. The first-order valence-corrected chi connectivity index (χ1v) is 10.9. The van der Waals surface area contributed by atoms with Gasteiger partial charge in [0.05, 0.1) is 11.6 Å². The molecule has 0 saturated heterocycles. The van der Waals surface area contributed by atoms with Gasteiger partial charge in [-0.15, -0.1) is 0 Å². The van der Waals surface area contributed by atoms with E-state index in [4.69, 9.17) is 5.11 Å². The molecule has 0 heterocycles. The summed E-state index contributed by atoms with van der Waals surface area (Å²) in [6.07, 6.45) is 0.555. The molecule has 0 bridgehead atoms. The Hall–Kier alpha value is -3.44. The SMILES string of the molecule is CC(C)C[C@H](NC(c1ccccc1)(c1ccccc1)c1ccccc1)C(=O)NCC(=O)O. The van der Waals surface area contributed by atoms with Crippen LogP contribution in [0.25, 0.3) is 0 Å². The van der Waals surface area contributed by atoms with Crippen LogP contribution in [-0.4, -0.2) is 29.6 Å². The van der Waals surface area contributed by atoms with Crippen LogP contribution in [0.4, 0.5) is 0 Å². The Bertz CT molecular complexity index is 908. The second-order valence-electron chi connectivity index (χ2n) is 8.29. The van der Waals surface area contributed by atoms with Crippen LogP contribution in [0.2, 0.25) is 0 Å². The fourth-order valence-electron chi connectivity index (χ4n) is 4.06. The normalized spacial score (nSPS) is 12.3. The number of carbonyl (C=O) groups excluding carboxylic acids is 1. The van der Waals surface area contributed by atoms with Crippen molar-refractivity contribution in [3.63, 3.8) is 0 Å². The third-order valence-electron chi connectivity index (χ3n) is 5.45. The number of nitrogens with one attached hydrogen (secondary N) is 2. The topological polar surface area (TPSA) is 78.4 Å². The number of hydrogen-bond donors (Lipinski definition) is 3. The van der Waals surface area contributed by atoms with E-state index in [9.17, 15) is 9.59 Å². The van der Waals surface area contributed by atoms with Gasteiger partial charge < -0.3 is 10.4 Å². The maximum absolute atomic E-state index is 13.1. The van der Waals surface area contributed by atoms with Gasteiger partial charge in [-0.25, -0.2) is 0 Å². The molecule has 0 aliphatic rings. The van der Waals surface area contributed by atoms with Gasteiger partial charge in [0.15, 0.2) is 0 Å². The minimum absolute atomic E-state index is 0.225. The van der Waals surface area contributed by atoms with Crippen molar-refractivity contribution < 1.29 is 14.7 Å². The first-order chi connectivity index (χ1) is 15.4. The summed E-state index contributed by atoms with van der Waals surface area (Å²) in [6.45, 7) is 3.69. The summed E-state index contributed by atoms with van der Waals surface area (Å²) >= 11 is 0. The van der Waals surface area contributed by atoms with Crippen molar-refractivity contribution in [2.24, 2.45) is 5.92 Å². The van der Waals surface area contributed by atoms with Crippen molar-refractivity contribution in [1.82, 2.24) is 10.6 Å². The summed E-state index contributed by atoms with van der Waals surface area (Å²) in [5.74, 6) is -1.17. The predicted octanol–water partition coefficient (Wildman–Crippen LogP) is 4.18. The molecule has 32 heavy (non-hydrogen) atoms. The molecular weight excluding hydrogens is 400 g/mol. The highest BCUT2D eigenvalue weighted by atomic mass is 16.4. The fourth-order valence-corrected chi connectivity index (χ4v) is 4.06. The van der Waals surface area contributed by atoms with Gasteiger partial charge in [0.2, 0.25) is 5.91 Å². The zero-order chi connectivity index (χ0) is 23.0. The highest BCUT2D eigenvalue weighted by molar-refractivity contribution is 5.85. The van der Waals surface area contributed by atoms with Gasteiger partial charge in [0.25, 0.3) is 0 Å². The lowest BCUT2D eigenvalue weighted by atomic mass is 9.76. The molecule has 0 aliphatic heterocycles. The molecule has 5 nitrogen and oxygen atoms in total. The fraction of sp³-hybridized carbons (Fsp3) is 0.259. The monoisotopic (exact) mass is 430 g/mol. The second-order valence-corrected chi connectivity index (χ2v) is 8.29. The van der Waals surface area contributed by atoms with Crippen LogP contribution >= 0.6 is 0 Å². The molecule has 0 unspecified atom stereocenters. The minimum Gasteiger partial charge on any atom is -0.480 e. The molecule has 1 amide bonds. The first kappa shape index (κ1) is 23.2. The molecule has 3 N–H and O–H groups in total. The zero-order valence-corrected chi connectivity index (χ0v) is 18.5. The van der Waals surface area contributed by atoms with Gasteiger partial charge in [-0.1, -0.05) is 105 Å².